The third kappa shape index (κ3) is 4.25. The number of esters is 1. The monoisotopic (exact) mass is 409 g/mol. The van der Waals surface area contributed by atoms with E-state index in [0.717, 1.165) is 24.3 Å². The molecule has 1 aliphatic heterocycles. The molecular weight excluding hydrogens is 382 g/mol. The number of hydrogen-bond donors (Lipinski definition) is 2. The number of carbonyl (C=O) groups excluding carboxylic acids is 2. The molecule has 2 amide bonds. The molecule has 1 heterocycles. The lowest BCUT2D eigenvalue weighted by atomic mass is 9.92. The number of carbonyl (C=O) groups is 2. The normalized spacial score (nSPS) is 15.9. The van der Waals surface area contributed by atoms with E-state index in [0.29, 0.717) is 22.6 Å². The summed E-state index contributed by atoms with van der Waals surface area (Å²) in [6.45, 7) is 6.00. The van der Waals surface area contributed by atoms with Gasteiger partial charge >= 0.3 is 12.0 Å². The quantitative estimate of drug-likeness (QED) is 0.685. The number of urea groups is 1. The van der Waals surface area contributed by atoms with Gasteiger partial charge in [-0.1, -0.05) is 12.1 Å². The fraction of sp³-hybridized carbons (Fsp3) is 0.304. The van der Waals surface area contributed by atoms with Crippen LogP contribution in [0.2, 0.25) is 0 Å². The Balaban J connectivity index is 2.07. The van der Waals surface area contributed by atoms with Gasteiger partial charge in [0, 0.05) is 18.8 Å². The number of anilines is 1. The summed E-state index contributed by atoms with van der Waals surface area (Å²) >= 11 is 0. The van der Waals surface area contributed by atoms with Crippen molar-refractivity contribution in [2.75, 3.05) is 32.2 Å². The van der Waals surface area contributed by atoms with Gasteiger partial charge in [0.1, 0.15) is 5.75 Å². The van der Waals surface area contributed by atoms with Crippen molar-refractivity contribution < 1.29 is 19.1 Å². The van der Waals surface area contributed by atoms with E-state index < -0.39 is 12.0 Å². The first-order chi connectivity index (χ1) is 14.5. The van der Waals surface area contributed by atoms with Crippen LogP contribution in [0.25, 0.3) is 5.70 Å². The van der Waals surface area contributed by atoms with E-state index in [1.54, 1.807) is 31.4 Å². The van der Waals surface area contributed by atoms with Gasteiger partial charge in [0.25, 0.3) is 0 Å². The van der Waals surface area contributed by atoms with E-state index in [-0.39, 0.29) is 6.03 Å². The maximum absolute atomic E-state index is 12.7. The van der Waals surface area contributed by atoms with E-state index in [4.69, 9.17) is 9.47 Å². The minimum atomic E-state index is -0.631. The molecule has 0 bridgehead atoms. The molecule has 2 aromatic carbocycles. The molecule has 2 N–H and O–H groups in total. The Morgan fingerprint density at radius 3 is 2.17 bits per heavy atom. The Hall–Kier alpha value is -3.48. The zero-order chi connectivity index (χ0) is 21.7. The van der Waals surface area contributed by atoms with Crippen LogP contribution in [-0.2, 0) is 9.53 Å². The summed E-state index contributed by atoms with van der Waals surface area (Å²) in [5.74, 6) is 0.175. The summed E-state index contributed by atoms with van der Waals surface area (Å²) < 4.78 is 10.3. The third-order valence-electron chi connectivity index (χ3n) is 5.21. The fourth-order valence-corrected chi connectivity index (χ4v) is 3.60. The maximum atomic E-state index is 12.7. The Labute approximate surface area is 176 Å². The van der Waals surface area contributed by atoms with Crippen LogP contribution in [0.5, 0.6) is 5.75 Å². The molecule has 1 atom stereocenters. The summed E-state index contributed by atoms with van der Waals surface area (Å²) in [6.07, 6.45) is 0. The second kappa shape index (κ2) is 9.35. The molecule has 1 aliphatic rings. The Kier molecular flexibility index (Phi) is 6.61. The number of amides is 2. The lowest BCUT2D eigenvalue weighted by Gasteiger charge is -2.30. The molecule has 0 fully saturated rings. The number of benzene rings is 2. The van der Waals surface area contributed by atoms with Gasteiger partial charge in [-0.15, -0.1) is 0 Å². The lowest BCUT2D eigenvalue weighted by molar-refractivity contribution is -0.136. The molecule has 0 aromatic heterocycles. The van der Waals surface area contributed by atoms with Crippen LogP contribution in [0.1, 0.15) is 31.0 Å². The van der Waals surface area contributed by atoms with Crippen LogP contribution in [0.15, 0.2) is 54.1 Å². The summed E-state index contributed by atoms with van der Waals surface area (Å²) in [5.41, 5.74) is 3.34. The molecular formula is C23H27N3O4. The van der Waals surface area contributed by atoms with Gasteiger partial charge in [0.05, 0.1) is 31.5 Å². The van der Waals surface area contributed by atoms with Gasteiger partial charge in [-0.2, -0.15) is 0 Å². The molecule has 2 aromatic rings. The minimum absolute atomic E-state index is 0.345. The van der Waals surface area contributed by atoms with Crippen molar-refractivity contribution in [2.24, 2.45) is 0 Å². The van der Waals surface area contributed by atoms with Gasteiger partial charge in [0.15, 0.2) is 0 Å². The molecule has 30 heavy (non-hydrogen) atoms. The maximum Gasteiger partial charge on any atom is 0.338 e. The third-order valence-corrected chi connectivity index (χ3v) is 5.21. The van der Waals surface area contributed by atoms with Crippen LogP contribution in [-0.4, -0.2) is 39.3 Å². The standard InChI is InChI=1S/C23H27N3O4/c1-5-26(6-2)17-11-7-15(8-12-17)20-19(22(27)30-4)21(25-23(28)24-20)16-9-13-18(29-3)14-10-16/h7-14,20H,5-6H2,1-4H3,(H2,24,25,28). The molecule has 0 aliphatic carbocycles. The Morgan fingerprint density at radius 1 is 1.00 bits per heavy atom. The Bertz CT molecular complexity index is 932. The number of nitrogens with one attached hydrogen (secondary N) is 2. The summed E-state index contributed by atoms with van der Waals surface area (Å²) in [7, 11) is 2.91. The van der Waals surface area contributed by atoms with Gasteiger partial charge < -0.3 is 25.0 Å². The zero-order valence-electron chi connectivity index (χ0n) is 17.7. The molecule has 3 rings (SSSR count). The number of methoxy groups -OCH3 is 2. The summed E-state index contributed by atoms with van der Waals surface area (Å²) in [4.78, 5) is 27.4. The average molecular weight is 409 g/mol. The molecule has 0 radical (unpaired) electrons. The lowest BCUT2D eigenvalue weighted by Crippen LogP contribution is -2.45. The summed E-state index contributed by atoms with van der Waals surface area (Å²) in [5, 5.41) is 5.61. The van der Waals surface area contributed by atoms with Gasteiger partial charge in [-0.05, 0) is 61.4 Å². The molecule has 0 saturated carbocycles. The van der Waals surface area contributed by atoms with E-state index in [1.807, 2.05) is 24.3 Å². The number of nitrogens with zero attached hydrogens (tertiary/aromatic N) is 1. The van der Waals surface area contributed by atoms with Crippen LogP contribution < -0.4 is 20.3 Å². The second-order valence-electron chi connectivity index (χ2n) is 6.80. The first kappa shape index (κ1) is 21.2. The summed E-state index contributed by atoms with van der Waals surface area (Å²) in [6, 6.07) is 14.0. The van der Waals surface area contributed by atoms with Gasteiger partial charge in [0.2, 0.25) is 0 Å². The van der Waals surface area contributed by atoms with Crippen molar-refractivity contribution in [1.29, 1.82) is 0 Å². The first-order valence-corrected chi connectivity index (χ1v) is 9.91. The molecule has 0 spiro atoms. The zero-order valence-corrected chi connectivity index (χ0v) is 17.7. The van der Waals surface area contributed by atoms with E-state index in [1.165, 1.54) is 7.11 Å². The van der Waals surface area contributed by atoms with Crippen molar-refractivity contribution in [2.45, 2.75) is 19.9 Å². The Morgan fingerprint density at radius 2 is 1.63 bits per heavy atom. The van der Waals surface area contributed by atoms with Crippen LogP contribution in [0, 0.1) is 0 Å². The number of hydrogen-bond acceptors (Lipinski definition) is 5. The minimum Gasteiger partial charge on any atom is -0.497 e. The van der Waals surface area contributed by atoms with E-state index in [9.17, 15) is 9.59 Å². The first-order valence-electron chi connectivity index (χ1n) is 9.91. The highest BCUT2D eigenvalue weighted by Gasteiger charge is 2.34. The predicted molar refractivity (Wildman–Crippen MR) is 116 cm³/mol. The fourth-order valence-electron chi connectivity index (χ4n) is 3.60. The highest BCUT2D eigenvalue weighted by Crippen LogP contribution is 2.33. The SMILES string of the molecule is CCN(CC)c1ccc(C2NC(=O)NC(c3ccc(OC)cc3)=C2C(=O)OC)cc1. The smallest absolute Gasteiger partial charge is 0.338 e. The second-order valence-corrected chi connectivity index (χ2v) is 6.80. The van der Waals surface area contributed by atoms with Gasteiger partial charge in [-0.3, -0.25) is 0 Å². The van der Waals surface area contributed by atoms with Crippen molar-refractivity contribution in [3.05, 3.63) is 65.2 Å². The van der Waals surface area contributed by atoms with Crippen molar-refractivity contribution >= 4 is 23.4 Å². The topological polar surface area (TPSA) is 79.9 Å². The molecule has 158 valence electrons. The highest BCUT2D eigenvalue weighted by molar-refractivity contribution is 6.04. The molecule has 7 nitrogen and oxygen atoms in total. The van der Waals surface area contributed by atoms with Gasteiger partial charge in [-0.25, -0.2) is 9.59 Å². The van der Waals surface area contributed by atoms with Crippen LogP contribution in [0.4, 0.5) is 10.5 Å². The van der Waals surface area contributed by atoms with Crippen LogP contribution >= 0.6 is 0 Å². The largest absolute Gasteiger partial charge is 0.497 e. The number of ether oxygens (including phenoxy) is 2. The number of rotatable bonds is 7. The van der Waals surface area contributed by atoms with Crippen molar-refractivity contribution in [3.63, 3.8) is 0 Å². The van der Waals surface area contributed by atoms with Crippen LogP contribution in [0.3, 0.4) is 0 Å². The van der Waals surface area contributed by atoms with E-state index in [2.05, 4.69) is 29.4 Å². The molecule has 0 saturated heterocycles. The van der Waals surface area contributed by atoms with E-state index >= 15 is 0 Å². The molecule has 1 unspecified atom stereocenters. The molecule has 7 heteroatoms. The highest BCUT2D eigenvalue weighted by atomic mass is 16.5. The van der Waals surface area contributed by atoms with Crippen molar-refractivity contribution in [1.82, 2.24) is 10.6 Å². The predicted octanol–water partition coefficient (Wildman–Crippen LogP) is 3.48. The average Bonchev–Trinajstić information content (AvgIpc) is 2.79. The van der Waals surface area contributed by atoms with Crippen molar-refractivity contribution in [3.8, 4) is 5.75 Å².